The van der Waals surface area contributed by atoms with Crippen molar-refractivity contribution in [2.75, 3.05) is 46.2 Å². The fourth-order valence-corrected chi connectivity index (χ4v) is 4.37. The van der Waals surface area contributed by atoms with Gasteiger partial charge in [0.2, 0.25) is 10.0 Å². The Bertz CT molecular complexity index is 691. The van der Waals surface area contributed by atoms with Gasteiger partial charge >= 0.3 is 0 Å². The molecule has 0 aliphatic carbocycles. The molecule has 0 spiro atoms. The van der Waals surface area contributed by atoms with E-state index < -0.39 is 10.0 Å². The molecule has 0 aromatic heterocycles. The van der Waals surface area contributed by atoms with E-state index in [0.29, 0.717) is 11.4 Å². The minimum absolute atomic E-state index is 0.325. The van der Waals surface area contributed by atoms with Crippen LogP contribution in [0.15, 0.2) is 39.1 Å². The zero-order chi connectivity index (χ0) is 16.5. The second-order valence-electron chi connectivity index (χ2n) is 6.33. The molecular formula is C15H24N3O2S2+. The smallest absolute Gasteiger partial charge is 0.240 e. The Morgan fingerprint density at radius 1 is 1.32 bits per heavy atom. The summed E-state index contributed by atoms with van der Waals surface area (Å²) in [5.41, 5.74) is 1.04. The Morgan fingerprint density at radius 2 is 2.00 bits per heavy atom. The van der Waals surface area contributed by atoms with Gasteiger partial charge in [-0.25, -0.2) is 13.1 Å². The van der Waals surface area contributed by atoms with Crippen LogP contribution in [-0.2, 0) is 10.0 Å². The van der Waals surface area contributed by atoms with Gasteiger partial charge in [0.1, 0.15) is 0 Å². The summed E-state index contributed by atoms with van der Waals surface area (Å²) < 4.78 is 28.2. The highest BCUT2D eigenvalue weighted by Gasteiger charge is 2.24. The molecule has 0 saturated carbocycles. The van der Waals surface area contributed by atoms with Gasteiger partial charge in [-0.15, -0.1) is 0 Å². The number of nitrogens with one attached hydrogen (secondary N) is 1. The average molecular weight is 343 g/mol. The van der Waals surface area contributed by atoms with Crippen LogP contribution in [-0.4, -0.2) is 54.2 Å². The summed E-state index contributed by atoms with van der Waals surface area (Å²) in [5.74, 6) is 0. The number of benzene rings is 1. The van der Waals surface area contributed by atoms with Crippen LogP contribution in [0.5, 0.6) is 0 Å². The lowest BCUT2D eigenvalue weighted by Crippen LogP contribution is -2.41. The van der Waals surface area contributed by atoms with Crippen LogP contribution in [0.25, 0.3) is 0 Å². The third-order valence-corrected chi connectivity index (χ3v) is 6.19. The molecule has 22 heavy (non-hydrogen) atoms. The van der Waals surface area contributed by atoms with Gasteiger partial charge in [0, 0.05) is 11.9 Å². The Labute approximate surface area is 137 Å². The number of nitrogens with zero attached hydrogens (tertiary/aromatic N) is 2. The second-order valence-corrected chi connectivity index (χ2v) is 9.16. The Balaban J connectivity index is 2.17. The summed E-state index contributed by atoms with van der Waals surface area (Å²) in [6, 6.07) is 5.29. The largest absolute Gasteiger partial charge is 0.338 e. The minimum Gasteiger partial charge on any atom is -0.338 e. The summed E-state index contributed by atoms with van der Waals surface area (Å²) in [7, 11) is 4.64. The number of hydrogen-bond acceptors (Lipinski definition) is 4. The minimum atomic E-state index is -3.46. The number of allylic oxidation sites excluding steroid dienone is 1. The number of hydrogen-bond donors (Lipinski definition) is 1. The summed E-state index contributed by atoms with van der Waals surface area (Å²) in [6.45, 7) is 3.15. The lowest BCUT2D eigenvalue weighted by molar-refractivity contribution is -0.869. The van der Waals surface area contributed by atoms with E-state index in [9.17, 15) is 8.42 Å². The molecule has 1 aliphatic heterocycles. The van der Waals surface area contributed by atoms with Gasteiger partial charge in [-0.3, -0.25) is 0 Å². The number of thioether (sulfide) groups is 1. The van der Waals surface area contributed by atoms with Crippen molar-refractivity contribution in [3.63, 3.8) is 0 Å². The lowest BCUT2D eigenvalue weighted by atomic mass is 10.3. The highest BCUT2D eigenvalue weighted by atomic mass is 32.2. The van der Waals surface area contributed by atoms with Gasteiger partial charge in [-0.2, -0.15) is 0 Å². The molecule has 1 aromatic rings. The van der Waals surface area contributed by atoms with Crippen molar-refractivity contribution in [3.05, 3.63) is 29.3 Å². The van der Waals surface area contributed by atoms with E-state index in [2.05, 4.69) is 9.62 Å². The fraction of sp³-hybridized carbons (Fsp3) is 0.467. The standard InChI is InChI=1S/C15H24N3O2S2/c1-6-15-17(2)13-8-7-12(11-14(13)21-15)22(19,20)16-9-10-18(3,4)5/h6-8,11,16H,9-10H2,1-5H3/q+1. The van der Waals surface area contributed by atoms with E-state index in [0.717, 1.165) is 26.6 Å². The summed E-state index contributed by atoms with van der Waals surface area (Å²) in [6.07, 6.45) is 2.03. The molecule has 1 heterocycles. The fourth-order valence-electron chi connectivity index (χ4n) is 2.17. The first-order chi connectivity index (χ1) is 10.1. The van der Waals surface area contributed by atoms with Gasteiger partial charge in [-0.05, 0) is 25.1 Å². The molecule has 2 rings (SSSR count). The lowest BCUT2D eigenvalue weighted by Gasteiger charge is -2.23. The number of anilines is 1. The van der Waals surface area contributed by atoms with Crippen LogP contribution in [0.2, 0.25) is 0 Å². The van der Waals surface area contributed by atoms with Crippen LogP contribution in [0.4, 0.5) is 5.69 Å². The third kappa shape index (κ3) is 3.84. The van der Waals surface area contributed by atoms with E-state index >= 15 is 0 Å². The maximum Gasteiger partial charge on any atom is 0.240 e. The quantitative estimate of drug-likeness (QED) is 0.833. The molecule has 5 nitrogen and oxygen atoms in total. The zero-order valence-electron chi connectivity index (χ0n) is 13.8. The van der Waals surface area contributed by atoms with Crippen molar-refractivity contribution < 1.29 is 12.9 Å². The van der Waals surface area contributed by atoms with Gasteiger partial charge < -0.3 is 9.38 Å². The molecule has 0 amide bonds. The normalized spacial score (nSPS) is 17.1. The first-order valence-corrected chi connectivity index (χ1v) is 9.46. The molecule has 0 radical (unpaired) electrons. The summed E-state index contributed by atoms with van der Waals surface area (Å²) in [5, 5.41) is 1.11. The van der Waals surface area contributed by atoms with Crippen LogP contribution < -0.4 is 9.62 Å². The molecule has 1 aliphatic rings. The van der Waals surface area contributed by atoms with Gasteiger partial charge in [0.05, 0.1) is 49.8 Å². The first-order valence-electron chi connectivity index (χ1n) is 7.16. The Kier molecular flexibility index (Phi) is 4.91. The van der Waals surface area contributed by atoms with Gasteiger partial charge in [0.15, 0.2) is 0 Å². The molecule has 0 saturated heterocycles. The molecule has 0 bridgehead atoms. The number of rotatable bonds is 5. The SMILES string of the molecule is CC=C1Sc2cc(S(=O)(=O)NCC[N+](C)(C)C)ccc2N1C. The Hall–Kier alpha value is -1.02. The van der Waals surface area contributed by atoms with E-state index in [1.54, 1.807) is 23.9 Å². The number of likely N-dealkylation sites (N-methyl/N-ethyl adjacent to an activating group) is 1. The summed E-state index contributed by atoms with van der Waals surface area (Å²) >= 11 is 1.59. The molecule has 0 atom stereocenters. The molecule has 1 N–H and O–H groups in total. The van der Waals surface area contributed by atoms with Crippen molar-refractivity contribution in [1.29, 1.82) is 0 Å². The number of sulfonamides is 1. The average Bonchev–Trinajstić information content (AvgIpc) is 2.73. The predicted octanol–water partition coefficient (Wildman–Crippen LogP) is 2.07. The monoisotopic (exact) mass is 342 g/mol. The molecule has 7 heteroatoms. The van der Waals surface area contributed by atoms with Crippen molar-refractivity contribution in [3.8, 4) is 0 Å². The highest BCUT2D eigenvalue weighted by molar-refractivity contribution is 8.03. The van der Waals surface area contributed by atoms with Crippen molar-refractivity contribution in [2.24, 2.45) is 0 Å². The maximum atomic E-state index is 12.4. The van der Waals surface area contributed by atoms with Gasteiger partial charge in [-0.1, -0.05) is 17.8 Å². The maximum absolute atomic E-state index is 12.4. The summed E-state index contributed by atoms with van der Waals surface area (Å²) in [4.78, 5) is 3.37. The van der Waals surface area contributed by atoms with Gasteiger partial charge in [0.25, 0.3) is 0 Å². The number of quaternary nitrogens is 1. The Morgan fingerprint density at radius 3 is 2.59 bits per heavy atom. The molecule has 122 valence electrons. The number of fused-ring (bicyclic) bond motifs is 1. The molecule has 1 aromatic carbocycles. The molecular weight excluding hydrogens is 318 g/mol. The molecule has 0 fully saturated rings. The van der Waals surface area contributed by atoms with E-state index in [1.807, 2.05) is 47.3 Å². The van der Waals surface area contributed by atoms with E-state index in [1.165, 1.54) is 0 Å². The van der Waals surface area contributed by atoms with E-state index in [4.69, 9.17) is 0 Å². The van der Waals surface area contributed by atoms with Crippen molar-refractivity contribution >= 4 is 27.5 Å². The van der Waals surface area contributed by atoms with Crippen LogP contribution in [0, 0.1) is 0 Å². The van der Waals surface area contributed by atoms with Crippen LogP contribution in [0.3, 0.4) is 0 Å². The van der Waals surface area contributed by atoms with Crippen LogP contribution >= 0.6 is 11.8 Å². The molecule has 0 unspecified atom stereocenters. The second kappa shape index (κ2) is 6.23. The zero-order valence-corrected chi connectivity index (χ0v) is 15.4. The van der Waals surface area contributed by atoms with Crippen molar-refractivity contribution in [2.45, 2.75) is 16.7 Å². The third-order valence-electron chi connectivity index (χ3n) is 3.47. The highest BCUT2D eigenvalue weighted by Crippen LogP contribution is 2.45. The first kappa shape index (κ1) is 17.3. The van der Waals surface area contributed by atoms with Crippen molar-refractivity contribution in [1.82, 2.24) is 4.72 Å². The predicted molar refractivity (Wildman–Crippen MR) is 92.5 cm³/mol. The van der Waals surface area contributed by atoms with Crippen LogP contribution in [0.1, 0.15) is 6.92 Å². The van der Waals surface area contributed by atoms with E-state index in [-0.39, 0.29) is 0 Å². The topological polar surface area (TPSA) is 49.4 Å².